The molecule has 1 aromatic carbocycles. The average Bonchev–Trinajstić information content (AvgIpc) is 3.30. The lowest BCUT2D eigenvalue weighted by Crippen LogP contribution is -2.57. The molecule has 4 aliphatic rings. The van der Waals surface area contributed by atoms with Gasteiger partial charge in [-0.3, -0.25) is 14.5 Å². The minimum atomic E-state index is -0.450. The number of hydrogen-bond acceptors (Lipinski definition) is 7. The van der Waals surface area contributed by atoms with Crippen LogP contribution in [0.3, 0.4) is 0 Å². The molecule has 5 heterocycles. The minimum Gasteiger partial charge on any atom is -0.489 e. The highest BCUT2D eigenvalue weighted by atomic mass is 35.5. The summed E-state index contributed by atoms with van der Waals surface area (Å²) in [6.45, 7) is 11.7. The number of fused-ring (bicyclic) bond motifs is 2. The van der Waals surface area contributed by atoms with E-state index in [9.17, 15) is 9.59 Å². The molecule has 218 valence electrons. The number of amides is 2. The number of carbonyl (C=O) groups excluding carboxylic acids is 2. The summed E-state index contributed by atoms with van der Waals surface area (Å²) >= 11 is 6.92. The number of likely N-dealkylation sites (N-methyl/N-ethyl adjacent to an activating group) is 1. The number of halogens is 2. The number of carbonyl (C=O) groups is 2. The molecule has 11 heteroatoms. The van der Waals surface area contributed by atoms with Crippen molar-refractivity contribution in [2.75, 3.05) is 70.9 Å². The molecular formula is C30H36ClFN6O3. The van der Waals surface area contributed by atoms with Gasteiger partial charge in [0.05, 0.1) is 11.7 Å². The van der Waals surface area contributed by atoms with Gasteiger partial charge in [0, 0.05) is 70.0 Å². The van der Waals surface area contributed by atoms with Gasteiger partial charge in [-0.1, -0.05) is 30.3 Å². The second kappa shape index (κ2) is 11.2. The molecule has 0 unspecified atom stereocenters. The third-order valence-electron chi connectivity index (χ3n) is 8.95. The molecule has 3 fully saturated rings. The Morgan fingerprint density at radius 2 is 1.85 bits per heavy atom. The van der Waals surface area contributed by atoms with Crippen LogP contribution in [0.2, 0.25) is 5.02 Å². The van der Waals surface area contributed by atoms with Crippen LogP contribution < -0.4 is 9.64 Å². The van der Waals surface area contributed by atoms with E-state index in [4.69, 9.17) is 21.3 Å². The van der Waals surface area contributed by atoms with Gasteiger partial charge in [-0.25, -0.2) is 9.37 Å². The maximum absolute atomic E-state index is 15.1. The van der Waals surface area contributed by atoms with Gasteiger partial charge in [0.25, 0.3) is 5.91 Å². The number of hydrogen-bond donors (Lipinski definition) is 0. The molecular weight excluding hydrogens is 547 g/mol. The zero-order valence-corrected chi connectivity index (χ0v) is 24.3. The largest absolute Gasteiger partial charge is 0.489 e. The molecule has 0 saturated carbocycles. The SMILES string of the molecule is C=CC(=O)N1CCN2C(=O)c3c(N4C[C@H](N5CCN(C)CC5)C[C@@H]4C)nc(-c4ccccc4F)c(Cl)c3OC[C@H]2C1. The Bertz CT molecular complexity index is 1370. The Kier molecular flexibility index (Phi) is 7.65. The number of rotatable bonds is 4. The second-order valence-corrected chi connectivity index (χ2v) is 11.8. The lowest BCUT2D eigenvalue weighted by atomic mass is 10.1. The topological polar surface area (TPSA) is 72.5 Å². The first-order chi connectivity index (χ1) is 19.8. The summed E-state index contributed by atoms with van der Waals surface area (Å²) in [5, 5.41) is 0.114. The van der Waals surface area contributed by atoms with E-state index >= 15 is 4.39 Å². The monoisotopic (exact) mass is 582 g/mol. The van der Waals surface area contributed by atoms with Crippen LogP contribution in [-0.2, 0) is 4.79 Å². The highest BCUT2D eigenvalue weighted by Gasteiger charge is 2.43. The highest BCUT2D eigenvalue weighted by molar-refractivity contribution is 6.35. The summed E-state index contributed by atoms with van der Waals surface area (Å²) in [4.78, 5) is 42.1. The van der Waals surface area contributed by atoms with Crippen LogP contribution in [0.25, 0.3) is 11.3 Å². The summed E-state index contributed by atoms with van der Waals surface area (Å²) < 4.78 is 21.4. The third kappa shape index (κ3) is 5.06. The number of benzene rings is 1. The molecule has 0 aliphatic carbocycles. The molecule has 1 aromatic heterocycles. The lowest BCUT2D eigenvalue weighted by molar-refractivity contribution is -0.128. The van der Waals surface area contributed by atoms with Crippen LogP contribution in [0.4, 0.5) is 10.2 Å². The number of nitrogens with zero attached hydrogens (tertiary/aromatic N) is 6. The molecule has 4 aliphatic heterocycles. The van der Waals surface area contributed by atoms with Crippen molar-refractivity contribution in [1.82, 2.24) is 24.6 Å². The first-order valence-electron chi connectivity index (χ1n) is 14.3. The van der Waals surface area contributed by atoms with Crippen molar-refractivity contribution in [3.8, 4) is 17.0 Å². The van der Waals surface area contributed by atoms with Gasteiger partial charge >= 0.3 is 0 Å². The Morgan fingerprint density at radius 3 is 2.59 bits per heavy atom. The zero-order valence-electron chi connectivity index (χ0n) is 23.6. The van der Waals surface area contributed by atoms with Gasteiger partial charge in [-0.2, -0.15) is 0 Å². The molecule has 0 N–H and O–H groups in total. The zero-order chi connectivity index (χ0) is 28.8. The van der Waals surface area contributed by atoms with Crippen molar-refractivity contribution >= 4 is 29.2 Å². The normalized spacial score (nSPS) is 25.4. The maximum atomic E-state index is 15.1. The van der Waals surface area contributed by atoms with E-state index in [0.717, 1.165) is 32.6 Å². The number of piperazine rings is 2. The van der Waals surface area contributed by atoms with Gasteiger partial charge in [0.15, 0.2) is 5.75 Å². The van der Waals surface area contributed by atoms with Crippen LogP contribution in [0.1, 0.15) is 23.7 Å². The van der Waals surface area contributed by atoms with Gasteiger partial charge in [-0.05, 0) is 38.6 Å². The Morgan fingerprint density at radius 1 is 1.10 bits per heavy atom. The molecule has 6 rings (SSSR count). The van der Waals surface area contributed by atoms with Gasteiger partial charge in [-0.15, -0.1) is 0 Å². The average molecular weight is 583 g/mol. The van der Waals surface area contributed by atoms with Gasteiger partial charge in [0.1, 0.15) is 28.8 Å². The van der Waals surface area contributed by atoms with Crippen LogP contribution in [0, 0.1) is 5.82 Å². The number of pyridine rings is 1. The molecule has 2 amide bonds. The maximum Gasteiger partial charge on any atom is 0.261 e. The molecule has 2 aromatic rings. The molecule has 0 bridgehead atoms. The van der Waals surface area contributed by atoms with Crippen LogP contribution in [0.5, 0.6) is 5.75 Å². The molecule has 0 spiro atoms. The van der Waals surface area contributed by atoms with Gasteiger partial charge < -0.3 is 24.3 Å². The van der Waals surface area contributed by atoms with Crippen LogP contribution >= 0.6 is 11.6 Å². The summed E-state index contributed by atoms with van der Waals surface area (Å²) in [5.74, 6) is -0.156. The minimum absolute atomic E-state index is 0.0970. The standard InChI is InChI=1S/C30H36ClFN6O3/c1-4-24(39)36-13-14-37-21(16-36)18-41-28-25(30(37)40)29(33-27(26(28)31)22-7-5-6-8-23(22)32)38-17-20(15-19(38)2)35-11-9-34(3)10-12-35/h4-8,19-21H,1,9-18H2,2-3H3/t19-,20+,21+/m0/s1. The Hall–Kier alpha value is -3.21. The van der Waals surface area contributed by atoms with E-state index in [0.29, 0.717) is 43.6 Å². The Balaban J connectivity index is 1.42. The second-order valence-electron chi connectivity index (χ2n) is 11.5. The van der Waals surface area contributed by atoms with Crippen molar-refractivity contribution < 1.29 is 18.7 Å². The molecule has 41 heavy (non-hydrogen) atoms. The predicted molar refractivity (Wildman–Crippen MR) is 156 cm³/mol. The first-order valence-corrected chi connectivity index (χ1v) is 14.7. The Labute approximate surface area is 245 Å². The van der Waals surface area contributed by atoms with Crippen molar-refractivity contribution in [3.05, 3.63) is 53.3 Å². The van der Waals surface area contributed by atoms with Crippen LogP contribution in [0.15, 0.2) is 36.9 Å². The summed E-state index contributed by atoms with van der Waals surface area (Å²) in [5.41, 5.74) is 0.821. The highest BCUT2D eigenvalue weighted by Crippen LogP contribution is 2.45. The van der Waals surface area contributed by atoms with Crippen molar-refractivity contribution in [2.24, 2.45) is 0 Å². The lowest BCUT2D eigenvalue weighted by Gasteiger charge is -2.39. The fourth-order valence-electron chi connectivity index (χ4n) is 6.56. The third-order valence-corrected chi connectivity index (χ3v) is 9.30. The van der Waals surface area contributed by atoms with E-state index in [1.807, 2.05) is 0 Å². The van der Waals surface area contributed by atoms with Gasteiger partial charge in [0.2, 0.25) is 5.91 Å². The molecule has 9 nitrogen and oxygen atoms in total. The van der Waals surface area contributed by atoms with E-state index in [-0.39, 0.29) is 52.5 Å². The van der Waals surface area contributed by atoms with E-state index in [1.54, 1.807) is 28.0 Å². The fraction of sp³-hybridized carbons (Fsp3) is 0.500. The fourth-order valence-corrected chi connectivity index (χ4v) is 6.86. The quantitative estimate of drug-likeness (QED) is 0.513. The predicted octanol–water partition coefficient (Wildman–Crippen LogP) is 2.99. The van der Waals surface area contributed by atoms with E-state index in [1.165, 1.54) is 12.1 Å². The number of ether oxygens (including phenoxy) is 1. The van der Waals surface area contributed by atoms with E-state index < -0.39 is 5.82 Å². The smallest absolute Gasteiger partial charge is 0.261 e. The number of anilines is 1. The summed E-state index contributed by atoms with van der Waals surface area (Å²) in [7, 11) is 2.14. The van der Waals surface area contributed by atoms with Crippen molar-refractivity contribution in [3.63, 3.8) is 0 Å². The van der Waals surface area contributed by atoms with E-state index in [2.05, 4.69) is 35.3 Å². The molecule has 0 radical (unpaired) electrons. The van der Waals surface area contributed by atoms with Crippen LogP contribution in [-0.4, -0.2) is 121 Å². The first kappa shape index (κ1) is 27.9. The summed E-state index contributed by atoms with van der Waals surface area (Å²) in [6, 6.07) is 6.42. The molecule has 3 atom stereocenters. The van der Waals surface area contributed by atoms with Crippen molar-refractivity contribution in [1.29, 1.82) is 0 Å². The number of aromatic nitrogens is 1. The molecule has 3 saturated heterocycles. The summed E-state index contributed by atoms with van der Waals surface area (Å²) in [6.07, 6.45) is 2.22. The van der Waals surface area contributed by atoms with Crippen molar-refractivity contribution in [2.45, 2.75) is 31.5 Å².